The molecule has 4 heterocycles. The number of nitrogens with zero attached hydrogens (tertiary/aromatic N) is 3. The van der Waals surface area contributed by atoms with Crippen LogP contribution in [0.5, 0.6) is 0 Å². The van der Waals surface area contributed by atoms with Gasteiger partial charge in [-0.1, -0.05) is 133 Å². The smallest absolute Gasteiger partial charge is 0.236 e. The standard InChI is InChI=1S/C44H25N3OS/c1-2-12-26(13-3-1)27-22-24-28(25-23-27)40-39-33-18-8-11-21-36(33)49-43(39)46-44(45-40)47-34-19-9-6-16-31(34)37-29-14-4-5-15-30(29)38-32-17-7-10-20-35(32)48-42(38)41(37)47/h1-25H. The van der Waals surface area contributed by atoms with Gasteiger partial charge in [0.2, 0.25) is 5.95 Å². The van der Waals surface area contributed by atoms with Gasteiger partial charge in [0.05, 0.1) is 11.2 Å². The third-order valence-electron chi connectivity index (χ3n) is 9.84. The van der Waals surface area contributed by atoms with Gasteiger partial charge in [-0.2, -0.15) is 0 Å². The first-order valence-corrected chi connectivity index (χ1v) is 17.2. The zero-order valence-electron chi connectivity index (χ0n) is 26.1. The molecule has 0 aliphatic carbocycles. The number of para-hydroxylation sites is 2. The Hall–Kier alpha value is -6.30. The Labute approximate surface area is 284 Å². The molecule has 0 unspecified atom stereocenters. The molecule has 0 atom stereocenters. The first-order valence-electron chi connectivity index (χ1n) is 16.4. The van der Waals surface area contributed by atoms with Gasteiger partial charge in [-0.05, 0) is 40.1 Å². The van der Waals surface area contributed by atoms with Crippen molar-refractivity contribution in [2.24, 2.45) is 0 Å². The molecule has 0 saturated carbocycles. The maximum atomic E-state index is 6.80. The zero-order valence-corrected chi connectivity index (χ0v) is 26.9. The van der Waals surface area contributed by atoms with Crippen molar-refractivity contribution in [2.75, 3.05) is 0 Å². The lowest BCUT2D eigenvalue weighted by molar-refractivity contribution is 0.671. The SMILES string of the molecule is c1ccc(-c2ccc(-c3nc(-n4c5ccccc5c5c6ccccc6c6c7ccccc7oc6c54)nc4sc5ccccc5c34)cc2)cc1. The molecule has 5 heteroatoms. The largest absolute Gasteiger partial charge is 0.454 e. The van der Waals surface area contributed by atoms with Crippen molar-refractivity contribution in [3.8, 4) is 28.3 Å². The Bertz CT molecular complexity index is 3100. The number of thiophene rings is 1. The minimum Gasteiger partial charge on any atom is -0.454 e. The highest BCUT2D eigenvalue weighted by atomic mass is 32.1. The van der Waals surface area contributed by atoms with Crippen LogP contribution >= 0.6 is 11.3 Å². The predicted octanol–water partition coefficient (Wildman–Crippen LogP) is 12.3. The number of fused-ring (bicyclic) bond motifs is 13. The Morgan fingerprint density at radius 1 is 0.469 bits per heavy atom. The van der Waals surface area contributed by atoms with E-state index in [-0.39, 0.29) is 0 Å². The predicted molar refractivity (Wildman–Crippen MR) is 205 cm³/mol. The molecule has 11 aromatic rings. The molecule has 11 rings (SSSR count). The molecule has 4 nitrogen and oxygen atoms in total. The van der Waals surface area contributed by atoms with Crippen LogP contribution in [0.3, 0.4) is 0 Å². The molecule has 4 aromatic heterocycles. The summed E-state index contributed by atoms with van der Waals surface area (Å²) in [7, 11) is 0. The summed E-state index contributed by atoms with van der Waals surface area (Å²) in [6.07, 6.45) is 0. The second kappa shape index (κ2) is 10.1. The molecule has 0 saturated heterocycles. The van der Waals surface area contributed by atoms with Crippen LogP contribution in [-0.4, -0.2) is 14.5 Å². The lowest BCUT2D eigenvalue weighted by atomic mass is 9.99. The highest BCUT2D eigenvalue weighted by Gasteiger charge is 2.25. The van der Waals surface area contributed by atoms with Gasteiger partial charge in [0.15, 0.2) is 5.58 Å². The van der Waals surface area contributed by atoms with Gasteiger partial charge < -0.3 is 4.42 Å². The van der Waals surface area contributed by atoms with Crippen molar-refractivity contribution in [1.29, 1.82) is 0 Å². The summed E-state index contributed by atoms with van der Waals surface area (Å²) in [6.45, 7) is 0. The molecule has 0 spiro atoms. The third-order valence-corrected chi connectivity index (χ3v) is 10.9. The third kappa shape index (κ3) is 3.79. The topological polar surface area (TPSA) is 43.9 Å². The van der Waals surface area contributed by atoms with E-state index in [4.69, 9.17) is 14.4 Å². The maximum absolute atomic E-state index is 6.80. The zero-order chi connectivity index (χ0) is 32.1. The van der Waals surface area contributed by atoms with Crippen LogP contribution in [0.2, 0.25) is 0 Å². The van der Waals surface area contributed by atoms with E-state index in [2.05, 4.69) is 150 Å². The fourth-order valence-corrected chi connectivity index (χ4v) is 8.78. The van der Waals surface area contributed by atoms with E-state index in [9.17, 15) is 0 Å². The molecule has 0 N–H and O–H groups in total. The number of hydrogen-bond acceptors (Lipinski definition) is 4. The summed E-state index contributed by atoms with van der Waals surface area (Å²) < 4.78 is 10.2. The molecular formula is C44H25N3OS. The van der Waals surface area contributed by atoms with Crippen LogP contribution in [0.1, 0.15) is 0 Å². The fraction of sp³-hybridized carbons (Fsp3) is 0. The summed E-state index contributed by atoms with van der Waals surface area (Å²) in [5.41, 5.74) is 8.08. The lowest BCUT2D eigenvalue weighted by Gasteiger charge is -2.11. The van der Waals surface area contributed by atoms with Gasteiger partial charge in [0.25, 0.3) is 0 Å². The van der Waals surface area contributed by atoms with E-state index < -0.39 is 0 Å². The van der Waals surface area contributed by atoms with Gasteiger partial charge in [-0.3, -0.25) is 4.57 Å². The summed E-state index contributed by atoms with van der Waals surface area (Å²) in [5.74, 6) is 0.629. The van der Waals surface area contributed by atoms with E-state index in [1.807, 2.05) is 6.07 Å². The van der Waals surface area contributed by atoms with Gasteiger partial charge in [0.1, 0.15) is 15.9 Å². The Balaban J connectivity index is 1.29. The number of furan rings is 1. The van der Waals surface area contributed by atoms with Crippen molar-refractivity contribution in [2.45, 2.75) is 0 Å². The van der Waals surface area contributed by atoms with Crippen LogP contribution < -0.4 is 0 Å². The molecule has 0 fully saturated rings. The Morgan fingerprint density at radius 2 is 1.08 bits per heavy atom. The normalized spacial score (nSPS) is 12.1. The van der Waals surface area contributed by atoms with Crippen molar-refractivity contribution in [1.82, 2.24) is 14.5 Å². The summed E-state index contributed by atoms with van der Waals surface area (Å²) >= 11 is 1.71. The Kier molecular flexibility index (Phi) is 5.51. The van der Waals surface area contributed by atoms with Gasteiger partial charge >= 0.3 is 0 Å². The van der Waals surface area contributed by atoms with Crippen LogP contribution in [0, 0.1) is 0 Å². The highest BCUT2D eigenvalue weighted by Crippen LogP contribution is 2.46. The van der Waals surface area contributed by atoms with E-state index in [0.717, 1.165) is 65.2 Å². The number of benzene rings is 7. The van der Waals surface area contributed by atoms with E-state index in [0.29, 0.717) is 5.95 Å². The summed E-state index contributed by atoms with van der Waals surface area (Å²) in [5, 5.41) is 9.12. The lowest BCUT2D eigenvalue weighted by Crippen LogP contribution is -2.03. The van der Waals surface area contributed by atoms with E-state index >= 15 is 0 Å². The van der Waals surface area contributed by atoms with E-state index in [1.165, 1.54) is 32.0 Å². The average Bonchev–Trinajstić information content (AvgIpc) is 3.85. The average molecular weight is 644 g/mol. The minimum atomic E-state index is 0.629. The van der Waals surface area contributed by atoms with Crippen LogP contribution in [-0.2, 0) is 0 Å². The maximum Gasteiger partial charge on any atom is 0.236 e. The molecule has 0 bridgehead atoms. The highest BCUT2D eigenvalue weighted by molar-refractivity contribution is 7.25. The fourth-order valence-electron chi connectivity index (χ4n) is 7.71. The second-order valence-corrected chi connectivity index (χ2v) is 13.5. The van der Waals surface area contributed by atoms with Crippen molar-refractivity contribution < 1.29 is 4.42 Å². The van der Waals surface area contributed by atoms with Gasteiger partial charge in [-0.25, -0.2) is 9.97 Å². The van der Waals surface area contributed by atoms with Gasteiger partial charge in [-0.15, -0.1) is 11.3 Å². The second-order valence-electron chi connectivity index (χ2n) is 12.5. The van der Waals surface area contributed by atoms with Crippen molar-refractivity contribution in [3.05, 3.63) is 152 Å². The number of aromatic nitrogens is 3. The molecule has 0 radical (unpaired) electrons. The summed E-state index contributed by atoms with van der Waals surface area (Å²) in [6, 6.07) is 53.4. The summed E-state index contributed by atoms with van der Waals surface area (Å²) in [4.78, 5) is 11.8. The van der Waals surface area contributed by atoms with Crippen LogP contribution in [0.4, 0.5) is 0 Å². The number of hydrogen-bond donors (Lipinski definition) is 0. The van der Waals surface area contributed by atoms with Crippen molar-refractivity contribution >= 4 is 86.2 Å². The molecular weight excluding hydrogens is 619 g/mol. The minimum absolute atomic E-state index is 0.629. The van der Waals surface area contributed by atoms with Crippen LogP contribution in [0.25, 0.3) is 103 Å². The first-order chi connectivity index (χ1) is 24.3. The van der Waals surface area contributed by atoms with Crippen LogP contribution in [0.15, 0.2) is 156 Å². The molecule has 0 aliphatic heterocycles. The molecule has 0 amide bonds. The van der Waals surface area contributed by atoms with Crippen molar-refractivity contribution in [3.63, 3.8) is 0 Å². The number of rotatable bonds is 3. The monoisotopic (exact) mass is 643 g/mol. The molecule has 7 aromatic carbocycles. The molecule has 228 valence electrons. The quantitative estimate of drug-likeness (QED) is 0.192. The van der Waals surface area contributed by atoms with Gasteiger partial charge in [0, 0.05) is 42.6 Å². The molecule has 0 aliphatic rings. The van der Waals surface area contributed by atoms with E-state index in [1.54, 1.807) is 11.3 Å². The Morgan fingerprint density at radius 3 is 1.90 bits per heavy atom. The molecule has 49 heavy (non-hydrogen) atoms. The first kappa shape index (κ1) is 26.7.